The van der Waals surface area contributed by atoms with E-state index in [1.54, 1.807) is 0 Å². The number of hydrogen-bond donors (Lipinski definition) is 2. The molecule has 0 aliphatic carbocycles. The third-order valence-corrected chi connectivity index (χ3v) is 6.37. The summed E-state index contributed by atoms with van der Waals surface area (Å²) in [5.74, 6) is 1.44. The maximum atomic E-state index is 13.1. The number of benzene rings is 1. The van der Waals surface area contributed by atoms with Gasteiger partial charge in [-0.15, -0.1) is 0 Å². The lowest BCUT2D eigenvalue weighted by Gasteiger charge is -2.37. The summed E-state index contributed by atoms with van der Waals surface area (Å²) in [5.41, 5.74) is 2.37. The number of para-hydroxylation sites is 1. The van der Waals surface area contributed by atoms with Crippen molar-refractivity contribution in [2.75, 3.05) is 19.6 Å². The lowest BCUT2D eigenvalue weighted by molar-refractivity contribution is -0.136. The van der Waals surface area contributed by atoms with Crippen LogP contribution in [0.1, 0.15) is 57.2 Å². The van der Waals surface area contributed by atoms with Crippen molar-refractivity contribution < 1.29 is 4.79 Å². The predicted molar refractivity (Wildman–Crippen MR) is 106 cm³/mol. The van der Waals surface area contributed by atoms with Gasteiger partial charge in [0.1, 0.15) is 0 Å². The molecule has 3 unspecified atom stereocenters. The Bertz CT molecular complexity index is 714. The summed E-state index contributed by atoms with van der Waals surface area (Å²) in [7, 11) is 0. The first-order valence-electron chi connectivity index (χ1n) is 10.3. The molecule has 2 saturated heterocycles. The quantitative estimate of drug-likeness (QED) is 0.863. The highest BCUT2D eigenvalue weighted by Crippen LogP contribution is 2.34. The normalized spacial score (nSPS) is 25.3. The van der Waals surface area contributed by atoms with E-state index in [9.17, 15) is 4.79 Å². The van der Waals surface area contributed by atoms with Crippen molar-refractivity contribution in [3.05, 3.63) is 36.0 Å². The number of H-pyrrole nitrogens is 1. The third-order valence-electron chi connectivity index (χ3n) is 6.37. The molecule has 1 amide bonds. The average Bonchev–Trinajstić information content (AvgIpc) is 3.12. The zero-order valence-electron chi connectivity index (χ0n) is 15.8. The van der Waals surface area contributed by atoms with E-state index in [4.69, 9.17) is 0 Å². The maximum Gasteiger partial charge on any atom is 0.223 e. The number of fused-ring (bicyclic) bond motifs is 1. The van der Waals surface area contributed by atoms with Crippen molar-refractivity contribution in [2.24, 2.45) is 11.8 Å². The van der Waals surface area contributed by atoms with E-state index in [-0.39, 0.29) is 6.04 Å². The Morgan fingerprint density at radius 1 is 1.23 bits per heavy atom. The van der Waals surface area contributed by atoms with Crippen LogP contribution in [0, 0.1) is 11.8 Å². The Kier molecular flexibility index (Phi) is 5.30. The van der Waals surface area contributed by atoms with Crippen LogP contribution in [-0.2, 0) is 4.79 Å². The molecule has 2 N–H and O–H groups in total. The fourth-order valence-corrected chi connectivity index (χ4v) is 4.75. The van der Waals surface area contributed by atoms with Crippen LogP contribution in [0.2, 0.25) is 0 Å². The van der Waals surface area contributed by atoms with Crippen LogP contribution in [0.5, 0.6) is 0 Å². The monoisotopic (exact) mass is 353 g/mol. The molecule has 0 spiro atoms. The predicted octanol–water partition coefficient (Wildman–Crippen LogP) is 4.25. The molecule has 2 aliphatic heterocycles. The van der Waals surface area contributed by atoms with Crippen LogP contribution in [-0.4, -0.2) is 35.4 Å². The van der Waals surface area contributed by atoms with Crippen molar-refractivity contribution in [1.29, 1.82) is 0 Å². The van der Waals surface area contributed by atoms with Crippen LogP contribution in [0.25, 0.3) is 10.9 Å². The van der Waals surface area contributed by atoms with Gasteiger partial charge in [-0.3, -0.25) is 4.79 Å². The average molecular weight is 354 g/mol. The van der Waals surface area contributed by atoms with Crippen molar-refractivity contribution >= 4 is 16.8 Å². The highest BCUT2D eigenvalue weighted by molar-refractivity contribution is 5.81. The van der Waals surface area contributed by atoms with Gasteiger partial charge in [0.2, 0.25) is 5.91 Å². The fourth-order valence-electron chi connectivity index (χ4n) is 4.75. The Labute approximate surface area is 156 Å². The number of carbonyl (C=O) groups is 1. The van der Waals surface area contributed by atoms with E-state index in [1.165, 1.54) is 35.9 Å². The first-order chi connectivity index (χ1) is 12.7. The maximum absolute atomic E-state index is 13.1. The molecule has 3 heterocycles. The van der Waals surface area contributed by atoms with E-state index in [2.05, 4.69) is 52.5 Å². The van der Waals surface area contributed by atoms with Crippen molar-refractivity contribution in [2.45, 2.75) is 51.5 Å². The van der Waals surface area contributed by atoms with Gasteiger partial charge in [-0.1, -0.05) is 25.1 Å². The van der Waals surface area contributed by atoms with Gasteiger partial charge in [-0.2, -0.15) is 0 Å². The van der Waals surface area contributed by atoms with Crippen molar-refractivity contribution in [1.82, 2.24) is 15.2 Å². The fraction of sp³-hybridized carbons (Fsp3) is 0.591. The molecule has 0 saturated carbocycles. The zero-order valence-corrected chi connectivity index (χ0v) is 15.8. The number of nitrogens with one attached hydrogen (secondary N) is 2. The Hall–Kier alpha value is -1.81. The van der Waals surface area contributed by atoms with Crippen LogP contribution in [0.3, 0.4) is 0 Å². The summed E-state index contributed by atoms with van der Waals surface area (Å²) >= 11 is 0. The molecule has 0 radical (unpaired) electrons. The minimum Gasteiger partial charge on any atom is -0.357 e. The number of hydrogen-bond acceptors (Lipinski definition) is 2. The van der Waals surface area contributed by atoms with Gasteiger partial charge < -0.3 is 15.2 Å². The smallest absolute Gasteiger partial charge is 0.223 e. The number of likely N-dealkylation sites (tertiary alicyclic amines) is 1. The first-order valence-corrected chi connectivity index (χ1v) is 10.3. The van der Waals surface area contributed by atoms with E-state index in [0.29, 0.717) is 24.2 Å². The molecule has 2 aliphatic rings. The summed E-state index contributed by atoms with van der Waals surface area (Å²) in [6.45, 7) is 5.36. The van der Waals surface area contributed by atoms with Gasteiger partial charge in [0, 0.05) is 24.2 Å². The zero-order chi connectivity index (χ0) is 17.9. The number of rotatable bonds is 4. The molecule has 4 heteroatoms. The molecule has 2 fully saturated rings. The molecule has 140 valence electrons. The van der Waals surface area contributed by atoms with Crippen LogP contribution in [0.4, 0.5) is 0 Å². The molecular formula is C22H31N3O. The second kappa shape index (κ2) is 7.83. The molecule has 1 aromatic heterocycles. The van der Waals surface area contributed by atoms with Crippen LogP contribution in [0.15, 0.2) is 30.3 Å². The summed E-state index contributed by atoms with van der Waals surface area (Å²) in [6.07, 6.45) is 6.58. The Morgan fingerprint density at radius 3 is 2.92 bits per heavy atom. The standard InChI is InChI=1S/C22H31N3O/c1-16(18-8-6-11-23-15-18)13-22(26)25-12-5-4-10-21(25)20-14-17-7-2-3-9-19(17)24-20/h2-3,7,9,14,16,18,21,23-24H,4-6,8,10-13,15H2,1H3. The minimum absolute atomic E-state index is 0.209. The highest BCUT2D eigenvalue weighted by atomic mass is 16.2. The van der Waals surface area contributed by atoms with E-state index >= 15 is 0 Å². The van der Waals surface area contributed by atoms with E-state index in [1.807, 2.05) is 0 Å². The summed E-state index contributed by atoms with van der Waals surface area (Å²) in [4.78, 5) is 18.9. The van der Waals surface area contributed by atoms with Crippen molar-refractivity contribution in [3.63, 3.8) is 0 Å². The molecule has 26 heavy (non-hydrogen) atoms. The molecular weight excluding hydrogens is 322 g/mol. The highest BCUT2D eigenvalue weighted by Gasteiger charge is 2.31. The van der Waals surface area contributed by atoms with Crippen LogP contribution >= 0.6 is 0 Å². The van der Waals surface area contributed by atoms with E-state index < -0.39 is 0 Å². The molecule has 4 rings (SSSR count). The van der Waals surface area contributed by atoms with Gasteiger partial charge in [0.25, 0.3) is 0 Å². The largest absolute Gasteiger partial charge is 0.357 e. The first kappa shape index (κ1) is 17.6. The SMILES string of the molecule is CC(CC(=O)N1CCCCC1c1cc2ccccc2[nH]1)C1CCCNC1. The number of amides is 1. The van der Waals surface area contributed by atoms with E-state index in [0.717, 1.165) is 32.5 Å². The molecule has 4 nitrogen and oxygen atoms in total. The molecule has 2 aromatic rings. The second-order valence-electron chi connectivity index (χ2n) is 8.20. The molecule has 0 bridgehead atoms. The van der Waals surface area contributed by atoms with Gasteiger partial charge in [-0.25, -0.2) is 0 Å². The topological polar surface area (TPSA) is 48.1 Å². The van der Waals surface area contributed by atoms with Gasteiger partial charge in [0.05, 0.1) is 6.04 Å². The number of aromatic nitrogens is 1. The number of carbonyl (C=O) groups excluding carboxylic acids is 1. The van der Waals surface area contributed by atoms with Crippen molar-refractivity contribution in [3.8, 4) is 0 Å². The van der Waals surface area contributed by atoms with Gasteiger partial charge in [-0.05, 0) is 74.5 Å². The number of piperidine rings is 2. The molecule has 3 atom stereocenters. The Balaban J connectivity index is 1.48. The second-order valence-corrected chi connectivity index (χ2v) is 8.20. The third kappa shape index (κ3) is 3.66. The van der Waals surface area contributed by atoms with Gasteiger partial charge >= 0.3 is 0 Å². The lowest BCUT2D eigenvalue weighted by Crippen LogP contribution is -2.41. The molecule has 1 aromatic carbocycles. The number of aromatic amines is 1. The lowest BCUT2D eigenvalue weighted by atomic mass is 9.85. The minimum atomic E-state index is 0.209. The van der Waals surface area contributed by atoms with Gasteiger partial charge in [0.15, 0.2) is 0 Å². The Morgan fingerprint density at radius 2 is 2.12 bits per heavy atom. The summed E-state index contributed by atoms with van der Waals surface area (Å²) < 4.78 is 0. The summed E-state index contributed by atoms with van der Waals surface area (Å²) in [6, 6.07) is 10.8. The van der Waals surface area contributed by atoms with Crippen LogP contribution < -0.4 is 5.32 Å². The number of nitrogens with zero attached hydrogens (tertiary/aromatic N) is 1. The summed E-state index contributed by atoms with van der Waals surface area (Å²) in [5, 5.41) is 4.73.